The number of thiazole rings is 1. The van der Waals surface area contributed by atoms with Crippen LogP contribution in [-0.2, 0) is 14.6 Å². The molecule has 0 aliphatic rings. The molecule has 0 radical (unpaired) electrons. The van der Waals surface area contributed by atoms with Gasteiger partial charge < -0.3 is 5.32 Å². The molecule has 0 bridgehead atoms. The van der Waals surface area contributed by atoms with Crippen LogP contribution in [0.1, 0.15) is 11.1 Å². The van der Waals surface area contributed by atoms with Crippen molar-refractivity contribution >= 4 is 32.2 Å². The number of nitrogens with zero attached hydrogens (tertiary/aromatic N) is 1. The zero-order chi connectivity index (χ0) is 18.7. The first-order chi connectivity index (χ1) is 12.3. The van der Waals surface area contributed by atoms with Crippen LogP contribution in [0.4, 0.5) is 5.13 Å². The second-order valence-electron chi connectivity index (χ2n) is 6.02. The van der Waals surface area contributed by atoms with Gasteiger partial charge in [-0.05, 0) is 26.0 Å². The summed E-state index contributed by atoms with van der Waals surface area (Å²) in [7, 11) is -3.68. The minimum atomic E-state index is -3.68. The molecular weight excluding hydrogens is 368 g/mol. The van der Waals surface area contributed by atoms with E-state index in [-0.39, 0.29) is 4.90 Å². The van der Waals surface area contributed by atoms with Gasteiger partial charge in [0.05, 0.1) is 10.6 Å². The minimum Gasteiger partial charge on any atom is -0.301 e. The highest BCUT2D eigenvalue weighted by Crippen LogP contribution is 2.25. The predicted molar refractivity (Wildman–Crippen MR) is 104 cm³/mol. The van der Waals surface area contributed by atoms with E-state index >= 15 is 0 Å². The maximum Gasteiger partial charge on any atom is 0.241 e. The highest BCUT2D eigenvalue weighted by atomic mass is 32.2. The second kappa shape index (κ2) is 7.39. The number of benzene rings is 2. The largest absolute Gasteiger partial charge is 0.301 e. The summed E-state index contributed by atoms with van der Waals surface area (Å²) in [6.07, 6.45) is 0. The summed E-state index contributed by atoms with van der Waals surface area (Å²) in [6.45, 7) is 3.88. The Hall–Kier alpha value is -2.51. The third-order valence-corrected chi connectivity index (χ3v) is 6.19. The number of hydrogen-bond acceptors (Lipinski definition) is 5. The van der Waals surface area contributed by atoms with Gasteiger partial charge in [-0.1, -0.05) is 47.5 Å². The molecule has 1 aromatic heterocycles. The number of sulfone groups is 1. The van der Waals surface area contributed by atoms with Crippen molar-refractivity contribution in [2.45, 2.75) is 18.7 Å². The molecule has 2 aromatic carbocycles. The molecule has 134 valence electrons. The van der Waals surface area contributed by atoms with E-state index in [1.807, 2.05) is 43.5 Å². The van der Waals surface area contributed by atoms with Gasteiger partial charge in [-0.3, -0.25) is 4.79 Å². The number of aryl methyl sites for hydroxylation is 2. The number of amides is 1. The fourth-order valence-corrected chi connectivity index (χ4v) is 4.22. The molecule has 7 heteroatoms. The van der Waals surface area contributed by atoms with Gasteiger partial charge in [0.1, 0.15) is 5.75 Å². The van der Waals surface area contributed by atoms with E-state index in [4.69, 9.17) is 0 Å². The van der Waals surface area contributed by atoms with Crippen molar-refractivity contribution in [3.8, 4) is 11.3 Å². The lowest BCUT2D eigenvalue weighted by atomic mass is 10.1. The molecule has 0 fully saturated rings. The lowest BCUT2D eigenvalue weighted by molar-refractivity contribution is -0.113. The van der Waals surface area contributed by atoms with Gasteiger partial charge in [0, 0.05) is 10.9 Å². The molecule has 0 spiro atoms. The molecule has 0 aliphatic heterocycles. The van der Waals surface area contributed by atoms with Gasteiger partial charge in [0.15, 0.2) is 15.0 Å². The molecule has 1 heterocycles. The van der Waals surface area contributed by atoms with Crippen LogP contribution in [-0.4, -0.2) is 25.1 Å². The Kier molecular flexibility index (Phi) is 5.20. The Bertz CT molecular complexity index is 1020. The highest BCUT2D eigenvalue weighted by molar-refractivity contribution is 7.92. The highest BCUT2D eigenvalue weighted by Gasteiger charge is 2.20. The van der Waals surface area contributed by atoms with Crippen molar-refractivity contribution in [1.82, 2.24) is 4.98 Å². The predicted octanol–water partition coefficient (Wildman–Crippen LogP) is 3.84. The number of aromatic nitrogens is 1. The van der Waals surface area contributed by atoms with E-state index in [9.17, 15) is 13.2 Å². The first kappa shape index (κ1) is 18.3. The molecular formula is C19H18N2O3S2. The van der Waals surface area contributed by atoms with E-state index in [1.165, 1.54) is 23.5 Å². The lowest BCUT2D eigenvalue weighted by Gasteiger charge is -2.05. The molecule has 5 nitrogen and oxygen atoms in total. The summed E-state index contributed by atoms with van der Waals surface area (Å²) in [4.78, 5) is 16.6. The van der Waals surface area contributed by atoms with Crippen LogP contribution in [0, 0.1) is 13.8 Å². The van der Waals surface area contributed by atoms with Crippen molar-refractivity contribution in [2.75, 3.05) is 11.1 Å². The number of rotatable bonds is 5. The summed E-state index contributed by atoms with van der Waals surface area (Å²) >= 11 is 1.26. The smallest absolute Gasteiger partial charge is 0.241 e. The van der Waals surface area contributed by atoms with Gasteiger partial charge in [0.2, 0.25) is 5.91 Å². The Morgan fingerprint density at radius 1 is 1.00 bits per heavy atom. The van der Waals surface area contributed by atoms with Crippen LogP contribution >= 0.6 is 11.3 Å². The molecule has 3 rings (SSSR count). The standard InChI is InChI=1S/C19H18N2O3S2/c1-13-3-7-15(8-4-13)17-11-25-19(20-17)21-18(22)12-26(23,24)16-9-5-14(2)6-10-16/h3-11H,12H2,1-2H3,(H,20,21,22). The van der Waals surface area contributed by atoms with Crippen molar-refractivity contribution in [3.63, 3.8) is 0 Å². The Labute approximate surface area is 156 Å². The van der Waals surface area contributed by atoms with Gasteiger partial charge in [-0.25, -0.2) is 13.4 Å². The zero-order valence-electron chi connectivity index (χ0n) is 14.4. The van der Waals surface area contributed by atoms with Crippen LogP contribution in [0.2, 0.25) is 0 Å². The molecule has 0 saturated heterocycles. The van der Waals surface area contributed by atoms with Crippen LogP contribution in [0.15, 0.2) is 58.8 Å². The van der Waals surface area contributed by atoms with Crippen molar-refractivity contribution in [3.05, 3.63) is 65.0 Å². The topological polar surface area (TPSA) is 76.1 Å². The average molecular weight is 386 g/mol. The maximum atomic E-state index is 12.3. The number of carbonyl (C=O) groups is 1. The average Bonchev–Trinajstić information content (AvgIpc) is 3.03. The van der Waals surface area contributed by atoms with E-state index in [0.717, 1.165) is 22.4 Å². The van der Waals surface area contributed by atoms with E-state index < -0.39 is 21.5 Å². The number of hydrogen-bond donors (Lipinski definition) is 1. The Morgan fingerprint density at radius 2 is 1.58 bits per heavy atom. The minimum absolute atomic E-state index is 0.137. The number of anilines is 1. The molecule has 0 aliphatic carbocycles. The fourth-order valence-electron chi connectivity index (χ4n) is 2.34. The second-order valence-corrected chi connectivity index (χ2v) is 8.87. The quantitative estimate of drug-likeness (QED) is 0.723. The van der Waals surface area contributed by atoms with Gasteiger partial charge in [-0.15, -0.1) is 11.3 Å². The van der Waals surface area contributed by atoms with Crippen molar-refractivity contribution in [1.29, 1.82) is 0 Å². The van der Waals surface area contributed by atoms with Gasteiger partial charge in [-0.2, -0.15) is 0 Å². The third kappa shape index (κ3) is 4.36. The van der Waals surface area contributed by atoms with Crippen molar-refractivity contribution in [2.24, 2.45) is 0 Å². The zero-order valence-corrected chi connectivity index (χ0v) is 16.0. The summed E-state index contributed by atoms with van der Waals surface area (Å²) in [5.74, 6) is -1.22. The van der Waals surface area contributed by atoms with Gasteiger partial charge in [0.25, 0.3) is 0 Å². The van der Waals surface area contributed by atoms with Crippen LogP contribution in [0.25, 0.3) is 11.3 Å². The molecule has 3 aromatic rings. The summed E-state index contributed by atoms with van der Waals surface area (Å²) < 4.78 is 24.6. The lowest BCUT2D eigenvalue weighted by Crippen LogP contribution is -2.22. The SMILES string of the molecule is Cc1ccc(-c2csc(NC(=O)CS(=O)(=O)c3ccc(C)cc3)n2)cc1. The number of carbonyl (C=O) groups excluding carboxylic acids is 1. The van der Waals surface area contributed by atoms with Gasteiger partial charge >= 0.3 is 0 Å². The van der Waals surface area contributed by atoms with E-state index in [2.05, 4.69) is 10.3 Å². The summed E-state index contributed by atoms with van der Waals surface area (Å²) in [5, 5.41) is 4.78. The summed E-state index contributed by atoms with van der Waals surface area (Å²) in [6, 6.07) is 14.3. The molecule has 0 atom stereocenters. The molecule has 26 heavy (non-hydrogen) atoms. The van der Waals surface area contributed by atoms with Crippen LogP contribution in [0.5, 0.6) is 0 Å². The van der Waals surface area contributed by atoms with Crippen LogP contribution in [0.3, 0.4) is 0 Å². The summed E-state index contributed by atoms with van der Waals surface area (Å²) in [5.41, 5.74) is 3.80. The molecule has 1 N–H and O–H groups in total. The Morgan fingerprint density at radius 3 is 2.19 bits per heavy atom. The molecule has 1 amide bonds. The Balaban J connectivity index is 1.68. The van der Waals surface area contributed by atoms with Crippen LogP contribution < -0.4 is 5.32 Å². The van der Waals surface area contributed by atoms with E-state index in [0.29, 0.717) is 5.13 Å². The first-order valence-electron chi connectivity index (χ1n) is 7.95. The number of nitrogens with one attached hydrogen (secondary N) is 1. The monoisotopic (exact) mass is 386 g/mol. The van der Waals surface area contributed by atoms with E-state index in [1.54, 1.807) is 12.1 Å². The maximum absolute atomic E-state index is 12.3. The fraction of sp³-hybridized carbons (Fsp3) is 0.158. The third-order valence-electron chi connectivity index (χ3n) is 3.80. The molecule has 0 saturated carbocycles. The van der Waals surface area contributed by atoms with Crippen molar-refractivity contribution < 1.29 is 13.2 Å². The normalized spacial score (nSPS) is 11.3. The molecule has 0 unspecified atom stereocenters. The first-order valence-corrected chi connectivity index (χ1v) is 10.5.